The highest BCUT2D eigenvalue weighted by Gasteiger charge is 2.40. The first-order valence-corrected chi connectivity index (χ1v) is 18.5. The molecule has 0 radical (unpaired) electrons. The van der Waals surface area contributed by atoms with Crippen LogP contribution in [0.2, 0.25) is 0 Å². The number of amides is 1. The van der Waals surface area contributed by atoms with E-state index in [9.17, 15) is 13.2 Å². The lowest BCUT2D eigenvalue weighted by Gasteiger charge is -2.50. The number of carbonyl (C=O) groups is 1. The zero-order valence-corrected chi connectivity index (χ0v) is 28.6. The maximum Gasteiger partial charge on any atom is 0.253 e. The number of carbonyl (C=O) groups excluding carboxylic acids is 1. The van der Waals surface area contributed by atoms with E-state index in [2.05, 4.69) is 63.4 Å². The molecule has 1 N–H and O–H groups in total. The summed E-state index contributed by atoms with van der Waals surface area (Å²) < 4.78 is 26.0. The number of nitrogens with zero attached hydrogens (tertiary/aromatic N) is 4. The van der Waals surface area contributed by atoms with Crippen molar-refractivity contribution in [1.29, 1.82) is 0 Å². The number of benzene rings is 3. The number of sulfone groups is 1. The highest BCUT2D eigenvalue weighted by molar-refractivity contribution is 7.90. The summed E-state index contributed by atoms with van der Waals surface area (Å²) in [5, 5.41) is 3.11. The maximum absolute atomic E-state index is 13.4. The van der Waals surface area contributed by atoms with E-state index in [4.69, 9.17) is 0 Å². The summed E-state index contributed by atoms with van der Waals surface area (Å²) in [6.45, 7) is 10.6. The Morgan fingerprint density at radius 1 is 0.894 bits per heavy atom. The Labute approximate surface area is 280 Å². The number of aliphatic imine (C=N–C) groups is 1. The van der Waals surface area contributed by atoms with Crippen LogP contribution in [0.3, 0.4) is 0 Å². The van der Waals surface area contributed by atoms with Crippen LogP contribution in [0.25, 0.3) is 0 Å². The molecule has 3 heterocycles. The summed E-state index contributed by atoms with van der Waals surface area (Å²) in [5.41, 5.74) is 4.91. The number of rotatable bonds is 9. The van der Waals surface area contributed by atoms with Crippen molar-refractivity contribution >= 4 is 27.8 Å². The number of anilines is 1. The van der Waals surface area contributed by atoms with Gasteiger partial charge in [0.1, 0.15) is 0 Å². The summed E-state index contributed by atoms with van der Waals surface area (Å²) in [5.74, 6) is 0.0946. The van der Waals surface area contributed by atoms with Gasteiger partial charge in [0.25, 0.3) is 5.91 Å². The molecule has 9 heteroatoms. The predicted molar refractivity (Wildman–Crippen MR) is 189 cm³/mol. The zero-order valence-electron chi connectivity index (χ0n) is 27.8. The van der Waals surface area contributed by atoms with Crippen LogP contribution in [0.5, 0.6) is 0 Å². The Bertz CT molecular complexity index is 1690. The summed E-state index contributed by atoms with van der Waals surface area (Å²) >= 11 is 0. The van der Waals surface area contributed by atoms with Crippen molar-refractivity contribution in [2.75, 3.05) is 31.1 Å². The minimum absolute atomic E-state index is 0.0168. The van der Waals surface area contributed by atoms with Crippen molar-refractivity contribution in [3.05, 3.63) is 107 Å². The molecule has 6 rings (SSSR count). The lowest BCUT2D eigenvalue weighted by molar-refractivity contribution is -0.130. The fourth-order valence-corrected chi connectivity index (χ4v) is 8.74. The maximum atomic E-state index is 13.4. The van der Waals surface area contributed by atoms with Crippen LogP contribution in [-0.4, -0.2) is 74.3 Å². The monoisotopic (exact) mass is 653 g/mol. The molecule has 0 bridgehead atoms. The molecule has 1 unspecified atom stereocenters. The molecule has 248 valence electrons. The van der Waals surface area contributed by atoms with E-state index in [0.29, 0.717) is 10.9 Å². The van der Waals surface area contributed by atoms with Crippen LogP contribution in [0, 0.1) is 0 Å². The fraction of sp³-hybridized carbons (Fsp3) is 0.421. The third-order valence-corrected chi connectivity index (χ3v) is 12.1. The lowest BCUT2D eigenvalue weighted by atomic mass is 9.85. The summed E-state index contributed by atoms with van der Waals surface area (Å²) in [4.78, 5) is 25.4. The largest absolute Gasteiger partial charge is 0.364 e. The second-order valence-corrected chi connectivity index (χ2v) is 15.5. The number of nitrogens with one attached hydrogen (secondary N) is 1. The molecule has 3 aliphatic heterocycles. The van der Waals surface area contributed by atoms with E-state index in [0.717, 1.165) is 80.9 Å². The smallest absolute Gasteiger partial charge is 0.253 e. The van der Waals surface area contributed by atoms with Crippen LogP contribution in [0.15, 0.2) is 106 Å². The number of hydrogen-bond donors (Lipinski definition) is 1. The number of allylic oxidation sites excluding steroid dienone is 1. The number of hydrogen-bond acceptors (Lipinski definition) is 7. The molecule has 8 nitrogen and oxygen atoms in total. The Hall–Kier alpha value is -3.95. The topological polar surface area (TPSA) is 85.3 Å². The van der Waals surface area contributed by atoms with Crippen LogP contribution < -0.4 is 10.2 Å². The average molecular weight is 654 g/mol. The van der Waals surface area contributed by atoms with Gasteiger partial charge in [-0.25, -0.2) is 8.42 Å². The van der Waals surface area contributed by atoms with Crippen molar-refractivity contribution in [3.8, 4) is 0 Å². The molecule has 3 aliphatic rings. The Morgan fingerprint density at radius 3 is 2.13 bits per heavy atom. The standard InChI is InChI=1S/C38H47N5O3S/c1-29-36(30(2)40-28-39-29)37(44)41-24-20-38(3,21-25-41)42-22-18-34(19-23-42)43(26-31-10-6-4-7-11-31)33-16-14-32(15-17-33)27-47(45,46)35-12-8-5-9-13-35/h4-17,28-29,34H,18-27H2,1-3H3,(H,39,40). The van der Waals surface area contributed by atoms with E-state index in [1.54, 1.807) is 30.6 Å². The first-order chi connectivity index (χ1) is 22.6. The van der Waals surface area contributed by atoms with Crippen LogP contribution in [0.1, 0.15) is 57.6 Å². The van der Waals surface area contributed by atoms with Crippen molar-refractivity contribution in [1.82, 2.24) is 15.1 Å². The van der Waals surface area contributed by atoms with E-state index < -0.39 is 9.84 Å². The highest BCUT2D eigenvalue weighted by atomic mass is 32.2. The Morgan fingerprint density at radius 2 is 1.51 bits per heavy atom. The lowest BCUT2D eigenvalue weighted by Crippen LogP contribution is -2.58. The van der Waals surface area contributed by atoms with Crippen molar-refractivity contribution in [2.45, 2.75) is 81.3 Å². The van der Waals surface area contributed by atoms with Crippen molar-refractivity contribution in [3.63, 3.8) is 0 Å². The van der Waals surface area contributed by atoms with Gasteiger partial charge in [0, 0.05) is 55.7 Å². The van der Waals surface area contributed by atoms with E-state index in [-0.39, 0.29) is 23.2 Å². The van der Waals surface area contributed by atoms with E-state index in [1.165, 1.54) is 5.56 Å². The van der Waals surface area contributed by atoms with Gasteiger partial charge < -0.3 is 15.1 Å². The second-order valence-electron chi connectivity index (χ2n) is 13.5. The van der Waals surface area contributed by atoms with Crippen LogP contribution in [0.4, 0.5) is 5.69 Å². The van der Waals surface area contributed by atoms with Gasteiger partial charge in [0.05, 0.1) is 28.6 Å². The number of likely N-dealkylation sites (tertiary alicyclic amines) is 2. The van der Waals surface area contributed by atoms with Gasteiger partial charge in [0.2, 0.25) is 0 Å². The normalized spacial score (nSPS) is 20.6. The molecule has 2 fully saturated rings. The zero-order chi connectivity index (χ0) is 33.0. The molecule has 0 spiro atoms. The molecule has 47 heavy (non-hydrogen) atoms. The fourth-order valence-electron chi connectivity index (χ4n) is 7.37. The molecular formula is C38H47N5O3S. The van der Waals surface area contributed by atoms with E-state index in [1.807, 2.05) is 43.0 Å². The number of piperidine rings is 2. The molecule has 0 saturated carbocycles. The second kappa shape index (κ2) is 14.0. The van der Waals surface area contributed by atoms with Crippen molar-refractivity contribution in [2.24, 2.45) is 4.99 Å². The molecule has 2 saturated heterocycles. The molecule has 0 aromatic heterocycles. The van der Waals surface area contributed by atoms with Gasteiger partial charge in [-0.1, -0.05) is 60.7 Å². The van der Waals surface area contributed by atoms with Gasteiger partial charge in [-0.2, -0.15) is 0 Å². The molecule has 3 aromatic carbocycles. The molecule has 1 amide bonds. The van der Waals surface area contributed by atoms with Gasteiger partial charge in [0.15, 0.2) is 9.84 Å². The van der Waals surface area contributed by atoms with Gasteiger partial charge in [-0.3, -0.25) is 14.7 Å². The first kappa shape index (κ1) is 33.0. The summed E-state index contributed by atoms with van der Waals surface area (Å²) in [7, 11) is -3.41. The minimum Gasteiger partial charge on any atom is -0.364 e. The molecule has 3 aromatic rings. The summed E-state index contributed by atoms with van der Waals surface area (Å²) in [6, 6.07) is 27.6. The summed E-state index contributed by atoms with van der Waals surface area (Å²) in [6.07, 6.45) is 5.69. The predicted octanol–water partition coefficient (Wildman–Crippen LogP) is 5.81. The quantitative estimate of drug-likeness (QED) is 0.314. The van der Waals surface area contributed by atoms with Crippen LogP contribution in [-0.2, 0) is 26.9 Å². The third-order valence-electron chi connectivity index (χ3n) is 10.4. The average Bonchev–Trinajstić information content (AvgIpc) is 3.09. The van der Waals surface area contributed by atoms with Gasteiger partial charge in [-0.05, 0) is 81.8 Å². The minimum atomic E-state index is -3.41. The Kier molecular flexibility index (Phi) is 9.85. The van der Waals surface area contributed by atoms with Gasteiger partial charge >= 0.3 is 0 Å². The van der Waals surface area contributed by atoms with Crippen LogP contribution >= 0.6 is 0 Å². The molecule has 0 aliphatic carbocycles. The highest BCUT2D eigenvalue weighted by Crippen LogP contribution is 2.35. The first-order valence-electron chi connectivity index (χ1n) is 16.8. The van der Waals surface area contributed by atoms with Crippen molar-refractivity contribution < 1.29 is 13.2 Å². The van der Waals surface area contributed by atoms with Gasteiger partial charge in [-0.15, -0.1) is 0 Å². The van der Waals surface area contributed by atoms with E-state index >= 15 is 0 Å². The molecular weight excluding hydrogens is 607 g/mol. The Balaban J connectivity index is 1.11. The molecule has 1 atom stereocenters. The third kappa shape index (κ3) is 7.47. The SMILES string of the molecule is CC1=C(C(=O)N2CCC(C)(N3CCC(N(Cc4ccccc4)c4ccc(CS(=O)(=O)c5ccccc5)cc4)CC3)CC2)C(C)N=CN1.